The number of sulfonamides is 1. The summed E-state index contributed by atoms with van der Waals surface area (Å²) >= 11 is 0. The van der Waals surface area contributed by atoms with Crippen LogP contribution in [0.2, 0.25) is 0 Å². The number of quaternary nitrogens is 1. The Morgan fingerprint density at radius 3 is 2.55 bits per heavy atom. The van der Waals surface area contributed by atoms with Gasteiger partial charge in [-0.15, -0.1) is 0 Å². The highest BCUT2D eigenvalue weighted by atomic mass is 32.2. The second-order valence-electron chi connectivity index (χ2n) is 5.25. The lowest BCUT2D eigenvalue weighted by Crippen LogP contribution is -3.05. The average Bonchev–Trinajstić information content (AvgIpc) is 2.42. The molecule has 1 aromatic rings. The molecule has 22 heavy (non-hydrogen) atoms. The molecule has 0 atom stereocenters. The second kappa shape index (κ2) is 8.11. The van der Waals surface area contributed by atoms with Gasteiger partial charge in [-0.1, -0.05) is 0 Å². The summed E-state index contributed by atoms with van der Waals surface area (Å²) in [5.74, 6) is 0.111. The highest BCUT2D eigenvalue weighted by Gasteiger charge is 2.16. The number of methoxy groups -OCH3 is 1. The monoisotopic (exact) mass is 330 g/mol. The van der Waals surface area contributed by atoms with Crippen LogP contribution in [0.4, 0.5) is 5.69 Å². The molecule has 0 saturated carbocycles. The van der Waals surface area contributed by atoms with E-state index in [9.17, 15) is 13.2 Å². The van der Waals surface area contributed by atoms with Gasteiger partial charge in [-0.2, -0.15) is 0 Å². The van der Waals surface area contributed by atoms with E-state index in [1.807, 2.05) is 14.1 Å². The smallest absolute Gasteiger partial charge is 0.240 e. The maximum Gasteiger partial charge on any atom is 0.240 e. The third-order valence-electron chi connectivity index (χ3n) is 2.94. The Kier molecular flexibility index (Phi) is 6.79. The van der Waals surface area contributed by atoms with E-state index in [4.69, 9.17) is 4.74 Å². The third kappa shape index (κ3) is 5.63. The molecule has 0 aliphatic rings. The van der Waals surface area contributed by atoms with Crippen molar-refractivity contribution >= 4 is 21.6 Å². The minimum Gasteiger partial charge on any atom is -0.495 e. The number of rotatable bonds is 8. The summed E-state index contributed by atoms with van der Waals surface area (Å²) in [7, 11) is 1.87. The van der Waals surface area contributed by atoms with Crippen LogP contribution in [0.5, 0.6) is 5.75 Å². The predicted molar refractivity (Wildman–Crippen MR) is 84.8 cm³/mol. The molecule has 0 fully saturated rings. The number of amides is 1. The summed E-state index contributed by atoms with van der Waals surface area (Å²) < 4.78 is 32.1. The Hall–Kier alpha value is -1.64. The average molecular weight is 330 g/mol. The number of carbonyl (C=O) groups excluding carboxylic acids is 1. The Morgan fingerprint density at radius 1 is 1.32 bits per heavy atom. The van der Waals surface area contributed by atoms with Crippen molar-refractivity contribution < 1.29 is 22.8 Å². The zero-order valence-electron chi connectivity index (χ0n) is 13.4. The molecule has 1 aromatic carbocycles. The minimum atomic E-state index is -3.61. The van der Waals surface area contributed by atoms with Gasteiger partial charge in [0.2, 0.25) is 15.9 Å². The van der Waals surface area contributed by atoms with Crippen LogP contribution in [-0.4, -0.2) is 48.6 Å². The molecule has 0 saturated heterocycles. The van der Waals surface area contributed by atoms with E-state index >= 15 is 0 Å². The molecule has 0 radical (unpaired) electrons. The molecule has 0 aromatic heterocycles. The van der Waals surface area contributed by atoms with Gasteiger partial charge >= 0.3 is 0 Å². The molecular formula is C14H24N3O4S+. The van der Waals surface area contributed by atoms with Gasteiger partial charge in [0, 0.05) is 19.9 Å². The van der Waals surface area contributed by atoms with Gasteiger partial charge in [-0.05, 0) is 18.2 Å². The molecule has 7 nitrogen and oxygen atoms in total. The number of benzene rings is 1. The summed E-state index contributed by atoms with van der Waals surface area (Å²) in [6, 6.07) is 4.35. The van der Waals surface area contributed by atoms with Crippen molar-refractivity contribution in [1.29, 1.82) is 0 Å². The topological polar surface area (TPSA) is 88.9 Å². The third-order valence-corrected chi connectivity index (χ3v) is 4.40. The molecule has 124 valence electrons. The number of nitrogens with one attached hydrogen (secondary N) is 3. The van der Waals surface area contributed by atoms with Crippen molar-refractivity contribution in [2.75, 3.05) is 39.6 Å². The molecule has 8 heteroatoms. The highest BCUT2D eigenvalue weighted by molar-refractivity contribution is 7.89. The van der Waals surface area contributed by atoms with E-state index in [1.54, 1.807) is 0 Å². The van der Waals surface area contributed by atoms with Crippen molar-refractivity contribution in [1.82, 2.24) is 4.72 Å². The van der Waals surface area contributed by atoms with Gasteiger partial charge in [-0.25, -0.2) is 13.1 Å². The van der Waals surface area contributed by atoms with E-state index in [-0.39, 0.29) is 10.8 Å². The van der Waals surface area contributed by atoms with Crippen molar-refractivity contribution in [3.05, 3.63) is 18.2 Å². The van der Waals surface area contributed by atoms with E-state index < -0.39 is 10.0 Å². The van der Waals surface area contributed by atoms with Crippen LogP contribution in [-0.2, 0) is 14.8 Å². The van der Waals surface area contributed by atoms with Crippen LogP contribution in [0.15, 0.2) is 23.1 Å². The fourth-order valence-electron chi connectivity index (χ4n) is 1.87. The van der Waals surface area contributed by atoms with Gasteiger partial charge in [0.1, 0.15) is 5.75 Å². The lowest BCUT2D eigenvalue weighted by Gasteiger charge is -2.12. The summed E-state index contributed by atoms with van der Waals surface area (Å²) in [4.78, 5) is 12.5. The zero-order valence-corrected chi connectivity index (χ0v) is 14.2. The normalized spacial score (nSPS) is 11.5. The fourth-order valence-corrected chi connectivity index (χ4v) is 2.97. The Balaban J connectivity index is 2.87. The second-order valence-corrected chi connectivity index (χ2v) is 7.02. The van der Waals surface area contributed by atoms with Crippen molar-refractivity contribution in [3.8, 4) is 5.75 Å². The lowest BCUT2D eigenvalue weighted by atomic mass is 10.3. The standard InChI is InChI=1S/C14H23N3O4S/c1-11(18)16-13-10-12(6-7-14(13)21-4)22(19,20)15-8-5-9-17(2)3/h6-7,10,15H,5,8-9H2,1-4H3,(H,16,18)/p+1. The lowest BCUT2D eigenvalue weighted by molar-refractivity contribution is -0.858. The Labute approximate surface area is 131 Å². The summed E-state index contributed by atoms with van der Waals surface area (Å²) in [6.07, 6.45) is 0.746. The molecule has 0 unspecified atom stereocenters. The van der Waals surface area contributed by atoms with E-state index in [1.165, 1.54) is 37.1 Å². The largest absolute Gasteiger partial charge is 0.495 e. The van der Waals surface area contributed by atoms with E-state index in [0.717, 1.165) is 13.0 Å². The molecule has 0 bridgehead atoms. The fraction of sp³-hybridized carbons (Fsp3) is 0.500. The molecule has 0 aliphatic carbocycles. The van der Waals surface area contributed by atoms with Crippen LogP contribution < -0.4 is 19.7 Å². The van der Waals surface area contributed by atoms with Crippen LogP contribution in [0.25, 0.3) is 0 Å². The summed E-state index contributed by atoms with van der Waals surface area (Å²) in [5.41, 5.74) is 0.329. The Morgan fingerprint density at radius 2 is 2.00 bits per heavy atom. The first-order valence-electron chi connectivity index (χ1n) is 7.00. The Bertz CT molecular complexity index is 615. The van der Waals surface area contributed by atoms with Gasteiger partial charge in [0.25, 0.3) is 0 Å². The van der Waals surface area contributed by atoms with Gasteiger partial charge in [0.05, 0.1) is 38.3 Å². The number of anilines is 1. The van der Waals surface area contributed by atoms with Gasteiger partial charge < -0.3 is 15.0 Å². The molecule has 0 spiro atoms. The van der Waals surface area contributed by atoms with Crippen molar-refractivity contribution in [3.63, 3.8) is 0 Å². The minimum absolute atomic E-state index is 0.0919. The summed E-state index contributed by atoms with van der Waals surface area (Å²) in [5, 5.41) is 2.56. The van der Waals surface area contributed by atoms with Crippen LogP contribution in [0, 0.1) is 0 Å². The molecule has 3 N–H and O–H groups in total. The molecule has 1 rings (SSSR count). The van der Waals surface area contributed by atoms with Crippen molar-refractivity contribution in [2.45, 2.75) is 18.2 Å². The first kappa shape index (κ1) is 18.4. The first-order chi connectivity index (χ1) is 10.3. The van der Waals surface area contributed by atoms with Gasteiger partial charge in [0.15, 0.2) is 0 Å². The summed E-state index contributed by atoms with van der Waals surface area (Å²) in [6.45, 7) is 2.60. The zero-order chi connectivity index (χ0) is 16.8. The van der Waals surface area contributed by atoms with Gasteiger partial charge in [-0.3, -0.25) is 4.79 Å². The highest BCUT2D eigenvalue weighted by Crippen LogP contribution is 2.27. The first-order valence-corrected chi connectivity index (χ1v) is 8.49. The molecular weight excluding hydrogens is 306 g/mol. The SMILES string of the molecule is COc1ccc(S(=O)(=O)NCCC[NH+](C)C)cc1NC(C)=O. The van der Waals surface area contributed by atoms with Crippen molar-refractivity contribution in [2.24, 2.45) is 0 Å². The number of ether oxygens (including phenoxy) is 1. The molecule has 0 heterocycles. The molecule has 1 amide bonds. The van der Waals surface area contributed by atoms with Crippen LogP contribution in [0.1, 0.15) is 13.3 Å². The maximum atomic E-state index is 12.2. The van der Waals surface area contributed by atoms with Crippen LogP contribution >= 0.6 is 0 Å². The molecule has 0 aliphatic heterocycles. The number of carbonyl (C=O) groups is 1. The predicted octanol–water partition coefficient (Wildman–Crippen LogP) is -0.533. The van der Waals surface area contributed by atoms with Crippen LogP contribution in [0.3, 0.4) is 0 Å². The van der Waals surface area contributed by atoms with E-state index in [0.29, 0.717) is 18.0 Å². The van der Waals surface area contributed by atoms with E-state index in [2.05, 4.69) is 10.0 Å². The number of hydrogen-bond acceptors (Lipinski definition) is 4. The quantitative estimate of drug-likeness (QED) is 0.559. The number of hydrogen-bond donors (Lipinski definition) is 3. The maximum absolute atomic E-state index is 12.2.